The topological polar surface area (TPSA) is 78.4 Å². The van der Waals surface area contributed by atoms with Gasteiger partial charge in [0.25, 0.3) is 0 Å². The third-order valence-corrected chi connectivity index (χ3v) is 2.60. The van der Waals surface area contributed by atoms with Crippen molar-refractivity contribution in [1.29, 1.82) is 0 Å². The van der Waals surface area contributed by atoms with E-state index in [9.17, 15) is 14.0 Å². The van der Waals surface area contributed by atoms with Crippen LogP contribution in [-0.4, -0.2) is 29.7 Å². The van der Waals surface area contributed by atoms with Crippen LogP contribution in [0.1, 0.15) is 18.9 Å². The molecule has 5 nitrogen and oxygen atoms in total. The Bertz CT molecular complexity index is 451. The molecule has 3 N–H and O–H groups in total. The molecular formula is C13H17FN2O3. The third-order valence-electron chi connectivity index (χ3n) is 2.60. The molecule has 1 aromatic carbocycles. The van der Waals surface area contributed by atoms with Crippen molar-refractivity contribution in [3.05, 3.63) is 35.6 Å². The number of rotatable bonds is 6. The molecule has 0 bridgehead atoms. The zero-order valence-corrected chi connectivity index (χ0v) is 10.6. The minimum Gasteiger partial charge on any atom is -0.480 e. The van der Waals surface area contributed by atoms with E-state index in [2.05, 4.69) is 10.6 Å². The number of hydrogen-bond donors (Lipinski definition) is 3. The molecule has 0 spiro atoms. The lowest BCUT2D eigenvalue weighted by Gasteiger charge is -2.13. The Morgan fingerprint density at radius 3 is 2.74 bits per heavy atom. The van der Waals surface area contributed by atoms with Crippen molar-refractivity contribution in [2.75, 3.05) is 6.54 Å². The Balaban J connectivity index is 2.33. The molecule has 0 unspecified atom stereocenters. The molecule has 1 aromatic rings. The van der Waals surface area contributed by atoms with E-state index in [1.54, 1.807) is 19.1 Å². The first-order valence-corrected chi connectivity index (χ1v) is 6.04. The van der Waals surface area contributed by atoms with Gasteiger partial charge < -0.3 is 15.7 Å². The van der Waals surface area contributed by atoms with Gasteiger partial charge in [0.15, 0.2) is 0 Å². The number of carbonyl (C=O) groups excluding carboxylic acids is 1. The molecule has 6 heteroatoms. The van der Waals surface area contributed by atoms with Crippen molar-refractivity contribution >= 4 is 12.0 Å². The van der Waals surface area contributed by atoms with Crippen LogP contribution in [0.15, 0.2) is 24.3 Å². The number of aliphatic carboxylic acids is 1. The lowest BCUT2D eigenvalue weighted by Crippen LogP contribution is -2.46. The summed E-state index contributed by atoms with van der Waals surface area (Å²) < 4.78 is 12.9. The van der Waals surface area contributed by atoms with Gasteiger partial charge in [0.05, 0.1) is 0 Å². The van der Waals surface area contributed by atoms with E-state index >= 15 is 0 Å². The molecular weight excluding hydrogens is 251 g/mol. The Kier molecular flexibility index (Phi) is 5.78. The first kappa shape index (κ1) is 14.9. The predicted octanol–water partition coefficient (Wildman–Crippen LogP) is 1.53. The first-order valence-electron chi connectivity index (χ1n) is 6.04. The summed E-state index contributed by atoms with van der Waals surface area (Å²) in [7, 11) is 0. The second-order valence-corrected chi connectivity index (χ2v) is 4.08. The number of hydrogen-bond acceptors (Lipinski definition) is 2. The summed E-state index contributed by atoms with van der Waals surface area (Å²) in [6.45, 7) is 1.98. The Labute approximate surface area is 110 Å². The zero-order valence-electron chi connectivity index (χ0n) is 10.6. The van der Waals surface area contributed by atoms with Crippen molar-refractivity contribution in [3.8, 4) is 0 Å². The molecule has 0 saturated heterocycles. The maximum atomic E-state index is 12.9. The number of carbonyl (C=O) groups is 2. The maximum absolute atomic E-state index is 12.9. The minimum atomic E-state index is -1.07. The molecule has 0 aromatic heterocycles. The van der Waals surface area contributed by atoms with Crippen molar-refractivity contribution in [1.82, 2.24) is 10.6 Å². The van der Waals surface area contributed by atoms with Gasteiger partial charge in [-0.2, -0.15) is 0 Å². The summed E-state index contributed by atoms with van der Waals surface area (Å²) in [6.07, 6.45) is 0.793. The molecule has 0 aliphatic heterocycles. The Morgan fingerprint density at radius 2 is 2.16 bits per heavy atom. The lowest BCUT2D eigenvalue weighted by molar-refractivity contribution is -0.139. The third kappa shape index (κ3) is 5.37. The van der Waals surface area contributed by atoms with E-state index in [1.165, 1.54) is 12.1 Å². The second-order valence-electron chi connectivity index (χ2n) is 4.08. The van der Waals surface area contributed by atoms with Gasteiger partial charge in [-0.15, -0.1) is 0 Å². The molecule has 0 heterocycles. The lowest BCUT2D eigenvalue weighted by atomic mass is 10.1. The van der Waals surface area contributed by atoms with E-state index in [4.69, 9.17) is 5.11 Å². The van der Waals surface area contributed by atoms with Gasteiger partial charge in [-0.1, -0.05) is 19.1 Å². The number of benzene rings is 1. The van der Waals surface area contributed by atoms with E-state index < -0.39 is 18.0 Å². The van der Waals surface area contributed by atoms with Crippen LogP contribution in [0.4, 0.5) is 9.18 Å². The number of urea groups is 1. The smallest absolute Gasteiger partial charge is 0.326 e. The molecule has 0 aliphatic rings. The van der Waals surface area contributed by atoms with Crippen LogP contribution in [0.3, 0.4) is 0 Å². The summed E-state index contributed by atoms with van der Waals surface area (Å²) in [4.78, 5) is 22.1. The van der Waals surface area contributed by atoms with Gasteiger partial charge in [0.2, 0.25) is 0 Å². The molecule has 104 valence electrons. The fraction of sp³-hybridized carbons (Fsp3) is 0.385. The van der Waals surface area contributed by atoms with E-state index in [1.807, 2.05) is 0 Å². The van der Waals surface area contributed by atoms with Gasteiger partial charge >= 0.3 is 12.0 Å². The second kappa shape index (κ2) is 7.35. The van der Waals surface area contributed by atoms with Crippen LogP contribution < -0.4 is 10.6 Å². The number of halogens is 1. The number of carboxylic acids is 1. The van der Waals surface area contributed by atoms with Crippen LogP contribution in [0, 0.1) is 5.82 Å². The van der Waals surface area contributed by atoms with Crippen LogP contribution in [-0.2, 0) is 11.2 Å². The molecule has 19 heavy (non-hydrogen) atoms. The van der Waals surface area contributed by atoms with E-state index in [0.717, 1.165) is 5.56 Å². The van der Waals surface area contributed by atoms with Crippen molar-refractivity contribution in [2.45, 2.75) is 25.8 Å². The summed E-state index contributed by atoms with van der Waals surface area (Å²) in [5.74, 6) is -1.39. The fourth-order valence-electron chi connectivity index (χ4n) is 1.56. The van der Waals surface area contributed by atoms with Gasteiger partial charge in [0.1, 0.15) is 11.9 Å². The van der Waals surface area contributed by atoms with E-state index in [0.29, 0.717) is 19.4 Å². The average molecular weight is 268 g/mol. The van der Waals surface area contributed by atoms with Crippen LogP contribution in [0.5, 0.6) is 0 Å². The highest BCUT2D eigenvalue weighted by Gasteiger charge is 2.16. The molecule has 1 atom stereocenters. The molecule has 0 aliphatic carbocycles. The Morgan fingerprint density at radius 1 is 1.42 bits per heavy atom. The zero-order chi connectivity index (χ0) is 14.3. The van der Waals surface area contributed by atoms with Crippen LogP contribution in [0.2, 0.25) is 0 Å². The summed E-state index contributed by atoms with van der Waals surface area (Å²) in [6, 6.07) is 4.67. The van der Waals surface area contributed by atoms with Crippen molar-refractivity contribution < 1.29 is 19.1 Å². The highest BCUT2D eigenvalue weighted by molar-refractivity contribution is 5.82. The van der Waals surface area contributed by atoms with Gasteiger partial charge in [-0.25, -0.2) is 14.0 Å². The SMILES string of the molecule is CC[C@@H](NC(=O)NCCc1cccc(F)c1)C(=O)O. The molecule has 1 rings (SSSR count). The molecule has 0 fully saturated rings. The fourth-order valence-corrected chi connectivity index (χ4v) is 1.56. The molecule has 0 saturated carbocycles. The average Bonchev–Trinajstić information content (AvgIpc) is 2.35. The van der Waals surface area contributed by atoms with Gasteiger partial charge in [-0.05, 0) is 30.5 Å². The predicted molar refractivity (Wildman–Crippen MR) is 68.4 cm³/mol. The first-order chi connectivity index (χ1) is 9.02. The van der Waals surface area contributed by atoms with Crippen molar-refractivity contribution in [2.24, 2.45) is 0 Å². The van der Waals surface area contributed by atoms with Gasteiger partial charge in [-0.3, -0.25) is 0 Å². The quantitative estimate of drug-likeness (QED) is 0.732. The van der Waals surface area contributed by atoms with Gasteiger partial charge in [0, 0.05) is 6.54 Å². The summed E-state index contributed by atoms with van der Waals surface area (Å²) in [5, 5.41) is 13.6. The minimum absolute atomic E-state index is 0.311. The number of carboxylic acid groups (broad SMARTS) is 1. The molecule has 2 amide bonds. The monoisotopic (exact) mass is 268 g/mol. The number of amides is 2. The summed E-state index contributed by atoms with van der Waals surface area (Å²) in [5.41, 5.74) is 0.769. The highest BCUT2D eigenvalue weighted by atomic mass is 19.1. The number of nitrogens with one attached hydrogen (secondary N) is 2. The van der Waals surface area contributed by atoms with Crippen molar-refractivity contribution in [3.63, 3.8) is 0 Å². The largest absolute Gasteiger partial charge is 0.480 e. The van der Waals surface area contributed by atoms with Crippen LogP contribution >= 0.6 is 0 Å². The molecule has 0 radical (unpaired) electrons. The maximum Gasteiger partial charge on any atom is 0.326 e. The normalized spacial score (nSPS) is 11.7. The highest BCUT2D eigenvalue weighted by Crippen LogP contribution is 2.03. The van der Waals surface area contributed by atoms with E-state index in [-0.39, 0.29) is 5.82 Å². The Hall–Kier alpha value is -2.11. The van der Waals surface area contributed by atoms with Crippen LogP contribution in [0.25, 0.3) is 0 Å². The summed E-state index contributed by atoms with van der Waals surface area (Å²) >= 11 is 0. The standard InChI is InChI=1S/C13H17FN2O3/c1-2-11(12(17)18)16-13(19)15-7-6-9-4-3-5-10(14)8-9/h3-5,8,11H,2,6-7H2,1H3,(H,17,18)(H2,15,16,19)/t11-/m1/s1.